The van der Waals surface area contributed by atoms with Crippen molar-refractivity contribution >= 4 is 21.9 Å². The van der Waals surface area contributed by atoms with Crippen LogP contribution in [0, 0.1) is 5.92 Å². The smallest absolute Gasteiger partial charge is 0.374 e. The average molecular weight is 368 g/mol. The molecular formula is C15H14BrNO5. The lowest BCUT2D eigenvalue weighted by atomic mass is 10.1. The van der Waals surface area contributed by atoms with E-state index in [-0.39, 0.29) is 5.76 Å². The van der Waals surface area contributed by atoms with E-state index in [1.165, 1.54) is 18.9 Å². The van der Waals surface area contributed by atoms with Gasteiger partial charge in [0.15, 0.2) is 11.5 Å². The predicted octanol–water partition coefficient (Wildman–Crippen LogP) is 3.60. The largest absolute Gasteiger partial charge is 0.493 e. The van der Waals surface area contributed by atoms with Crippen LogP contribution in [0.2, 0.25) is 0 Å². The number of carboxylic acids is 1. The first-order chi connectivity index (χ1) is 10.6. The lowest BCUT2D eigenvalue weighted by molar-refractivity contribution is 0.0652. The molecule has 1 aliphatic carbocycles. The molecule has 0 atom stereocenters. The van der Waals surface area contributed by atoms with E-state index in [0.717, 1.165) is 4.47 Å². The van der Waals surface area contributed by atoms with E-state index in [4.69, 9.17) is 19.1 Å². The fraction of sp³-hybridized carbons (Fsp3) is 0.333. The highest BCUT2D eigenvalue weighted by atomic mass is 79.9. The molecule has 0 saturated heterocycles. The van der Waals surface area contributed by atoms with Crippen LogP contribution in [0.4, 0.5) is 0 Å². The van der Waals surface area contributed by atoms with Crippen LogP contribution in [0.5, 0.6) is 11.5 Å². The van der Waals surface area contributed by atoms with Crippen LogP contribution in [0.3, 0.4) is 0 Å². The second-order valence-electron chi connectivity index (χ2n) is 5.12. The molecule has 116 valence electrons. The Hall–Kier alpha value is -2.02. The van der Waals surface area contributed by atoms with Gasteiger partial charge in [-0.15, -0.1) is 0 Å². The maximum atomic E-state index is 10.9. The Balaban J connectivity index is 1.91. The van der Waals surface area contributed by atoms with Crippen molar-refractivity contribution in [3.8, 4) is 22.8 Å². The first kappa shape index (κ1) is 14.9. The summed E-state index contributed by atoms with van der Waals surface area (Å²) in [5, 5.41) is 12.7. The molecule has 3 rings (SSSR count). The molecule has 1 aliphatic rings. The van der Waals surface area contributed by atoms with Crippen LogP contribution < -0.4 is 9.47 Å². The topological polar surface area (TPSA) is 81.8 Å². The fourth-order valence-electron chi connectivity index (χ4n) is 2.00. The maximum Gasteiger partial charge on any atom is 0.374 e. The minimum absolute atomic E-state index is 0.213. The number of benzene rings is 1. The molecule has 1 N–H and O–H groups in total. The van der Waals surface area contributed by atoms with E-state index in [0.29, 0.717) is 35.3 Å². The van der Waals surface area contributed by atoms with Gasteiger partial charge in [0.1, 0.15) is 5.69 Å². The molecule has 1 aromatic carbocycles. The normalized spacial score (nSPS) is 13.9. The quantitative estimate of drug-likeness (QED) is 0.839. The summed E-state index contributed by atoms with van der Waals surface area (Å²) in [5.74, 6) is 0.476. The number of hydrogen-bond donors (Lipinski definition) is 1. The monoisotopic (exact) mass is 367 g/mol. The highest BCUT2D eigenvalue weighted by Gasteiger charge is 2.23. The van der Waals surface area contributed by atoms with Crippen LogP contribution in [0.25, 0.3) is 11.3 Å². The molecule has 1 saturated carbocycles. The molecule has 0 spiro atoms. The summed E-state index contributed by atoms with van der Waals surface area (Å²) >= 11 is 3.45. The van der Waals surface area contributed by atoms with Gasteiger partial charge in [-0.05, 0) is 46.8 Å². The van der Waals surface area contributed by atoms with E-state index in [1.54, 1.807) is 19.2 Å². The van der Waals surface area contributed by atoms with Gasteiger partial charge in [0.2, 0.25) is 5.76 Å². The van der Waals surface area contributed by atoms with Crippen molar-refractivity contribution in [3.63, 3.8) is 0 Å². The molecule has 2 aromatic rings. The number of aromatic nitrogens is 1. The molecule has 0 bridgehead atoms. The van der Waals surface area contributed by atoms with Crippen LogP contribution in [-0.4, -0.2) is 29.9 Å². The Morgan fingerprint density at radius 3 is 2.77 bits per heavy atom. The highest BCUT2D eigenvalue weighted by molar-refractivity contribution is 9.10. The SMILES string of the molecule is COc1cc(-c2cc(C(=O)O)on2)c(Br)cc1OCC1CC1. The van der Waals surface area contributed by atoms with E-state index in [9.17, 15) is 4.79 Å². The van der Waals surface area contributed by atoms with Crippen molar-refractivity contribution in [2.45, 2.75) is 12.8 Å². The molecule has 6 nitrogen and oxygen atoms in total. The van der Waals surface area contributed by atoms with Crippen LogP contribution in [0.1, 0.15) is 23.4 Å². The third-order valence-corrected chi connectivity index (χ3v) is 4.08. The van der Waals surface area contributed by atoms with Crippen molar-refractivity contribution < 1.29 is 23.9 Å². The van der Waals surface area contributed by atoms with Crippen LogP contribution in [0.15, 0.2) is 27.2 Å². The van der Waals surface area contributed by atoms with Crippen molar-refractivity contribution in [2.75, 3.05) is 13.7 Å². The molecule has 0 unspecified atom stereocenters. The molecular weight excluding hydrogens is 354 g/mol. The number of methoxy groups -OCH3 is 1. The number of ether oxygens (including phenoxy) is 2. The van der Waals surface area contributed by atoms with E-state index < -0.39 is 5.97 Å². The van der Waals surface area contributed by atoms with Crippen LogP contribution >= 0.6 is 15.9 Å². The van der Waals surface area contributed by atoms with Gasteiger partial charge >= 0.3 is 5.97 Å². The molecule has 7 heteroatoms. The van der Waals surface area contributed by atoms with Gasteiger partial charge in [-0.2, -0.15) is 0 Å². The zero-order chi connectivity index (χ0) is 15.7. The molecule has 0 amide bonds. The molecule has 22 heavy (non-hydrogen) atoms. The lowest BCUT2D eigenvalue weighted by Crippen LogP contribution is -2.01. The second-order valence-corrected chi connectivity index (χ2v) is 5.97. The number of carboxylic acid groups (broad SMARTS) is 1. The van der Waals surface area contributed by atoms with Gasteiger partial charge in [-0.3, -0.25) is 0 Å². The van der Waals surface area contributed by atoms with Gasteiger partial charge < -0.3 is 19.1 Å². The number of hydrogen-bond acceptors (Lipinski definition) is 5. The zero-order valence-corrected chi connectivity index (χ0v) is 13.4. The summed E-state index contributed by atoms with van der Waals surface area (Å²) in [4.78, 5) is 10.9. The number of carbonyl (C=O) groups is 1. The van der Waals surface area contributed by atoms with Crippen molar-refractivity contribution in [3.05, 3.63) is 28.4 Å². The van der Waals surface area contributed by atoms with Gasteiger partial charge in [-0.25, -0.2) is 4.79 Å². The number of halogens is 1. The number of nitrogens with zero attached hydrogens (tertiary/aromatic N) is 1. The summed E-state index contributed by atoms with van der Waals surface area (Å²) in [7, 11) is 1.56. The third kappa shape index (κ3) is 3.09. The van der Waals surface area contributed by atoms with Gasteiger partial charge in [0.25, 0.3) is 0 Å². The summed E-state index contributed by atoms with van der Waals surface area (Å²) in [6.07, 6.45) is 2.41. The van der Waals surface area contributed by atoms with E-state index >= 15 is 0 Å². The summed E-state index contributed by atoms with van der Waals surface area (Å²) in [6.45, 7) is 0.676. The molecule has 1 aromatic heterocycles. The standard InChI is InChI=1S/C15H14BrNO5/c1-20-12-4-9(11-6-14(15(18)19)22-17-11)10(16)5-13(12)21-7-8-2-3-8/h4-6,8H,2-3,7H2,1H3,(H,18,19). The third-order valence-electron chi connectivity index (χ3n) is 3.42. The van der Waals surface area contributed by atoms with E-state index in [2.05, 4.69) is 21.1 Å². The Labute approximate surface area is 135 Å². The Kier molecular flexibility index (Phi) is 4.06. The maximum absolute atomic E-state index is 10.9. The fourth-order valence-corrected chi connectivity index (χ4v) is 2.52. The van der Waals surface area contributed by atoms with Crippen molar-refractivity contribution in [1.82, 2.24) is 5.16 Å². The summed E-state index contributed by atoms with van der Waals surface area (Å²) < 4.78 is 16.6. The van der Waals surface area contributed by atoms with Gasteiger partial charge in [0, 0.05) is 16.1 Å². The van der Waals surface area contributed by atoms with Crippen molar-refractivity contribution in [1.29, 1.82) is 0 Å². The first-order valence-corrected chi connectivity index (χ1v) is 7.58. The predicted molar refractivity (Wildman–Crippen MR) is 81.4 cm³/mol. The number of aromatic carboxylic acids is 1. The van der Waals surface area contributed by atoms with Gasteiger partial charge in [0.05, 0.1) is 13.7 Å². The van der Waals surface area contributed by atoms with Gasteiger partial charge in [-0.1, -0.05) is 5.16 Å². The zero-order valence-electron chi connectivity index (χ0n) is 11.8. The molecule has 1 heterocycles. The molecule has 1 fully saturated rings. The average Bonchev–Trinajstić information content (AvgIpc) is 3.19. The van der Waals surface area contributed by atoms with E-state index in [1.807, 2.05) is 0 Å². The Bertz CT molecular complexity index is 708. The second kappa shape index (κ2) is 6.00. The Morgan fingerprint density at radius 2 is 2.18 bits per heavy atom. The van der Waals surface area contributed by atoms with Crippen molar-refractivity contribution in [2.24, 2.45) is 5.92 Å². The molecule has 0 aliphatic heterocycles. The molecule has 0 radical (unpaired) electrons. The summed E-state index contributed by atoms with van der Waals surface area (Å²) in [6, 6.07) is 4.91. The van der Waals surface area contributed by atoms with Crippen LogP contribution in [-0.2, 0) is 0 Å². The number of rotatable bonds is 6. The summed E-state index contributed by atoms with van der Waals surface area (Å²) in [5.41, 5.74) is 1.09. The minimum Gasteiger partial charge on any atom is -0.493 e. The lowest BCUT2D eigenvalue weighted by Gasteiger charge is -2.12. The Morgan fingerprint density at radius 1 is 1.41 bits per heavy atom. The highest BCUT2D eigenvalue weighted by Crippen LogP contribution is 2.39. The minimum atomic E-state index is -1.16. The first-order valence-electron chi connectivity index (χ1n) is 6.79.